The molecule has 0 heterocycles. The van der Waals surface area contributed by atoms with Gasteiger partial charge in [0.05, 0.1) is 6.61 Å². The van der Waals surface area contributed by atoms with Gasteiger partial charge in [-0.3, -0.25) is 0 Å². The van der Waals surface area contributed by atoms with E-state index in [0.717, 1.165) is 6.54 Å². The highest BCUT2D eigenvalue weighted by Crippen LogP contribution is 2.41. The Bertz CT molecular complexity index is 141. The molecular weight excluding hydrogens is 162 g/mol. The van der Waals surface area contributed by atoms with E-state index < -0.39 is 0 Å². The Balaban J connectivity index is 2.38. The minimum Gasteiger partial charge on any atom is -0.395 e. The Morgan fingerprint density at radius 2 is 1.92 bits per heavy atom. The second-order valence-electron chi connectivity index (χ2n) is 4.52. The predicted octanol–water partition coefficient (Wildman–Crippen LogP) is 1.88. The molecule has 13 heavy (non-hydrogen) atoms. The third-order valence-electron chi connectivity index (χ3n) is 3.50. The summed E-state index contributed by atoms with van der Waals surface area (Å²) in [5.74, 6) is 0. The third-order valence-corrected chi connectivity index (χ3v) is 3.50. The second-order valence-corrected chi connectivity index (χ2v) is 4.52. The summed E-state index contributed by atoms with van der Waals surface area (Å²) in [7, 11) is 2.12. The van der Waals surface area contributed by atoms with Gasteiger partial charge in [-0.1, -0.05) is 19.8 Å². The molecule has 0 aliphatic heterocycles. The zero-order valence-corrected chi connectivity index (χ0v) is 9.05. The van der Waals surface area contributed by atoms with Gasteiger partial charge in [0, 0.05) is 13.1 Å². The molecule has 1 N–H and O–H groups in total. The molecule has 0 saturated heterocycles. The molecule has 0 spiro atoms. The van der Waals surface area contributed by atoms with Crippen molar-refractivity contribution < 1.29 is 5.11 Å². The van der Waals surface area contributed by atoms with E-state index in [9.17, 15) is 0 Å². The normalized spacial score (nSPS) is 21.2. The van der Waals surface area contributed by atoms with Gasteiger partial charge in [0.15, 0.2) is 0 Å². The molecule has 78 valence electrons. The number of hydrogen-bond donors (Lipinski definition) is 1. The summed E-state index contributed by atoms with van der Waals surface area (Å²) in [5, 5.41) is 8.83. The van der Waals surface area contributed by atoms with E-state index in [1.807, 2.05) is 0 Å². The minimum absolute atomic E-state index is 0.288. The molecule has 0 aromatic carbocycles. The van der Waals surface area contributed by atoms with Crippen molar-refractivity contribution in [2.75, 3.05) is 26.7 Å². The van der Waals surface area contributed by atoms with Crippen LogP contribution in [0.3, 0.4) is 0 Å². The fourth-order valence-electron chi connectivity index (χ4n) is 2.57. The van der Waals surface area contributed by atoms with Crippen LogP contribution in [0.25, 0.3) is 0 Å². The molecule has 2 nitrogen and oxygen atoms in total. The van der Waals surface area contributed by atoms with Crippen LogP contribution in [0, 0.1) is 5.41 Å². The molecule has 0 atom stereocenters. The Hall–Kier alpha value is -0.0800. The van der Waals surface area contributed by atoms with Crippen molar-refractivity contribution in [3.8, 4) is 0 Å². The maximum Gasteiger partial charge on any atom is 0.0558 e. The predicted molar refractivity (Wildman–Crippen MR) is 55.8 cm³/mol. The van der Waals surface area contributed by atoms with E-state index in [1.54, 1.807) is 0 Å². The van der Waals surface area contributed by atoms with E-state index in [2.05, 4.69) is 18.9 Å². The van der Waals surface area contributed by atoms with Gasteiger partial charge >= 0.3 is 0 Å². The van der Waals surface area contributed by atoms with Crippen molar-refractivity contribution in [1.29, 1.82) is 0 Å². The topological polar surface area (TPSA) is 23.5 Å². The van der Waals surface area contributed by atoms with Crippen LogP contribution in [0.1, 0.15) is 39.0 Å². The largest absolute Gasteiger partial charge is 0.395 e. The summed E-state index contributed by atoms with van der Waals surface area (Å²) in [5.41, 5.74) is 0.573. The van der Waals surface area contributed by atoms with Crippen LogP contribution >= 0.6 is 0 Å². The standard InChI is InChI=1S/C11H23NO/c1-3-11(6-4-5-7-11)10-12(2)8-9-13/h13H,3-10H2,1-2H3. The summed E-state index contributed by atoms with van der Waals surface area (Å²) < 4.78 is 0. The number of aliphatic hydroxyl groups excluding tert-OH is 1. The van der Waals surface area contributed by atoms with Gasteiger partial charge in [0.2, 0.25) is 0 Å². The lowest BCUT2D eigenvalue weighted by atomic mass is 9.83. The van der Waals surface area contributed by atoms with Crippen molar-refractivity contribution in [2.24, 2.45) is 5.41 Å². The maximum atomic E-state index is 8.83. The van der Waals surface area contributed by atoms with Gasteiger partial charge in [0.1, 0.15) is 0 Å². The first-order valence-corrected chi connectivity index (χ1v) is 5.52. The molecule has 0 radical (unpaired) electrons. The van der Waals surface area contributed by atoms with Crippen LogP contribution in [0.5, 0.6) is 0 Å². The highest BCUT2D eigenvalue weighted by atomic mass is 16.3. The first kappa shape index (κ1) is 11.0. The summed E-state index contributed by atoms with van der Waals surface area (Å²) in [4.78, 5) is 2.27. The molecule has 0 aromatic rings. The molecule has 1 saturated carbocycles. The molecule has 0 amide bonds. The van der Waals surface area contributed by atoms with E-state index >= 15 is 0 Å². The van der Waals surface area contributed by atoms with Gasteiger partial charge < -0.3 is 10.0 Å². The molecule has 0 unspecified atom stereocenters. The van der Waals surface area contributed by atoms with Gasteiger partial charge in [-0.15, -0.1) is 0 Å². The third kappa shape index (κ3) is 2.96. The average molecular weight is 185 g/mol. The van der Waals surface area contributed by atoms with Crippen molar-refractivity contribution in [1.82, 2.24) is 4.90 Å². The zero-order valence-electron chi connectivity index (χ0n) is 9.05. The lowest BCUT2D eigenvalue weighted by Crippen LogP contribution is -2.34. The number of nitrogens with zero attached hydrogens (tertiary/aromatic N) is 1. The molecular formula is C11H23NO. The van der Waals surface area contributed by atoms with Crippen molar-refractivity contribution in [2.45, 2.75) is 39.0 Å². The number of hydrogen-bond acceptors (Lipinski definition) is 2. The second kappa shape index (κ2) is 4.97. The fourth-order valence-corrected chi connectivity index (χ4v) is 2.57. The van der Waals surface area contributed by atoms with Crippen LogP contribution in [-0.4, -0.2) is 36.8 Å². The smallest absolute Gasteiger partial charge is 0.0558 e. The number of rotatable bonds is 5. The lowest BCUT2D eigenvalue weighted by Gasteiger charge is -2.32. The van der Waals surface area contributed by atoms with E-state index in [1.165, 1.54) is 38.6 Å². The van der Waals surface area contributed by atoms with Crippen LogP contribution in [-0.2, 0) is 0 Å². The highest BCUT2D eigenvalue weighted by Gasteiger charge is 2.32. The average Bonchev–Trinajstić information content (AvgIpc) is 2.54. The lowest BCUT2D eigenvalue weighted by molar-refractivity contribution is 0.145. The Kier molecular flexibility index (Phi) is 4.20. The van der Waals surface area contributed by atoms with Crippen LogP contribution < -0.4 is 0 Å². The summed E-state index contributed by atoms with van der Waals surface area (Å²) in [6, 6.07) is 0. The van der Waals surface area contributed by atoms with Gasteiger partial charge in [-0.05, 0) is 31.7 Å². The summed E-state index contributed by atoms with van der Waals surface area (Å²) in [6.45, 7) is 4.58. The van der Waals surface area contributed by atoms with Crippen molar-refractivity contribution >= 4 is 0 Å². The van der Waals surface area contributed by atoms with Crippen molar-refractivity contribution in [3.05, 3.63) is 0 Å². The van der Waals surface area contributed by atoms with Gasteiger partial charge in [-0.2, -0.15) is 0 Å². The zero-order chi connectivity index (χ0) is 9.73. The molecule has 1 aliphatic rings. The van der Waals surface area contributed by atoms with E-state index in [-0.39, 0.29) is 6.61 Å². The van der Waals surface area contributed by atoms with Crippen LogP contribution in [0.15, 0.2) is 0 Å². The van der Waals surface area contributed by atoms with E-state index in [0.29, 0.717) is 5.41 Å². The first-order chi connectivity index (χ1) is 6.22. The van der Waals surface area contributed by atoms with Crippen LogP contribution in [0.4, 0.5) is 0 Å². The summed E-state index contributed by atoms with van der Waals surface area (Å²) in [6.07, 6.45) is 6.88. The first-order valence-electron chi connectivity index (χ1n) is 5.52. The monoisotopic (exact) mass is 185 g/mol. The Labute approximate surface area is 81.9 Å². The molecule has 1 rings (SSSR count). The molecule has 1 aliphatic carbocycles. The Morgan fingerprint density at radius 1 is 1.31 bits per heavy atom. The SMILES string of the molecule is CCC1(CN(C)CCO)CCCC1. The summed E-state index contributed by atoms with van der Waals surface area (Å²) >= 11 is 0. The highest BCUT2D eigenvalue weighted by molar-refractivity contribution is 4.85. The van der Waals surface area contributed by atoms with Gasteiger partial charge in [0.25, 0.3) is 0 Å². The number of likely N-dealkylation sites (N-methyl/N-ethyl adjacent to an activating group) is 1. The fraction of sp³-hybridized carbons (Fsp3) is 1.00. The quantitative estimate of drug-likeness (QED) is 0.707. The van der Waals surface area contributed by atoms with Gasteiger partial charge in [-0.25, -0.2) is 0 Å². The molecule has 0 aromatic heterocycles. The number of aliphatic hydroxyl groups is 1. The maximum absolute atomic E-state index is 8.83. The molecule has 0 bridgehead atoms. The Morgan fingerprint density at radius 3 is 2.38 bits per heavy atom. The van der Waals surface area contributed by atoms with E-state index in [4.69, 9.17) is 5.11 Å². The molecule has 2 heteroatoms. The van der Waals surface area contributed by atoms with Crippen LogP contribution in [0.2, 0.25) is 0 Å². The molecule has 1 fully saturated rings. The van der Waals surface area contributed by atoms with Crippen molar-refractivity contribution in [3.63, 3.8) is 0 Å². The minimum atomic E-state index is 0.288.